The van der Waals surface area contributed by atoms with E-state index in [-0.39, 0.29) is 12.5 Å². The molecule has 1 amide bonds. The SMILES string of the molecule is C#CCOc1c(Br)cc(/C=C2/SC(=S)N(c3ccc(Br)c(Cl)c3)C2=O)cc1OC. The van der Waals surface area contributed by atoms with Crippen LogP contribution in [0.2, 0.25) is 5.02 Å². The normalized spacial score (nSPS) is 15.0. The molecule has 2 aromatic rings. The third kappa shape index (κ3) is 4.81. The number of benzene rings is 2. The largest absolute Gasteiger partial charge is 0.493 e. The smallest absolute Gasteiger partial charge is 0.270 e. The molecule has 1 aliphatic rings. The standard InChI is InChI=1S/C20H12Br2ClNO3S2/c1-3-6-27-18-14(22)7-11(8-16(18)26-2)9-17-19(25)24(20(28)29-17)12-4-5-13(21)15(23)10-12/h1,4-5,7-10H,6H2,2H3/b17-9+. The average Bonchev–Trinajstić information content (AvgIpc) is 2.96. The van der Waals surface area contributed by atoms with Gasteiger partial charge in [-0.2, -0.15) is 0 Å². The summed E-state index contributed by atoms with van der Waals surface area (Å²) in [6.07, 6.45) is 7.00. The molecule has 0 saturated carbocycles. The number of rotatable bonds is 5. The van der Waals surface area contributed by atoms with Crippen molar-refractivity contribution in [2.24, 2.45) is 0 Å². The maximum absolute atomic E-state index is 13.0. The van der Waals surface area contributed by atoms with E-state index in [0.29, 0.717) is 35.9 Å². The fourth-order valence-corrected chi connectivity index (χ4v) is 4.84. The second kappa shape index (κ2) is 9.54. The molecular weight excluding hydrogens is 562 g/mol. The number of nitrogens with zero attached hydrogens (tertiary/aromatic N) is 1. The molecule has 1 fully saturated rings. The molecule has 0 aliphatic carbocycles. The van der Waals surface area contributed by atoms with Gasteiger partial charge in [0.25, 0.3) is 5.91 Å². The first kappa shape index (κ1) is 22.2. The molecule has 0 spiro atoms. The maximum atomic E-state index is 13.0. The molecular formula is C20H12Br2ClNO3S2. The van der Waals surface area contributed by atoms with Gasteiger partial charge in [0.15, 0.2) is 15.8 Å². The van der Waals surface area contributed by atoms with E-state index < -0.39 is 0 Å². The molecule has 0 N–H and O–H groups in total. The van der Waals surface area contributed by atoms with E-state index in [1.165, 1.54) is 23.8 Å². The predicted octanol–water partition coefficient (Wildman–Crippen LogP) is 6.29. The first-order valence-corrected chi connectivity index (χ1v) is 11.2. The third-order valence-electron chi connectivity index (χ3n) is 3.80. The van der Waals surface area contributed by atoms with Crippen LogP contribution in [0.15, 0.2) is 44.2 Å². The number of terminal acetylenes is 1. The summed E-state index contributed by atoms with van der Waals surface area (Å²) in [7, 11) is 1.53. The molecule has 2 aromatic carbocycles. The Balaban J connectivity index is 1.94. The number of thiocarbonyl (C=S) groups is 1. The van der Waals surface area contributed by atoms with Crippen LogP contribution in [0.4, 0.5) is 5.69 Å². The van der Waals surface area contributed by atoms with Crippen molar-refractivity contribution >= 4 is 89.4 Å². The van der Waals surface area contributed by atoms with E-state index >= 15 is 0 Å². The summed E-state index contributed by atoms with van der Waals surface area (Å²) in [4.78, 5) is 14.9. The van der Waals surface area contributed by atoms with Gasteiger partial charge in [-0.15, -0.1) is 6.42 Å². The molecule has 9 heteroatoms. The van der Waals surface area contributed by atoms with Gasteiger partial charge in [-0.3, -0.25) is 9.69 Å². The topological polar surface area (TPSA) is 38.8 Å². The van der Waals surface area contributed by atoms with Gasteiger partial charge >= 0.3 is 0 Å². The molecule has 0 unspecified atom stereocenters. The first-order chi connectivity index (χ1) is 13.8. The van der Waals surface area contributed by atoms with Gasteiger partial charge in [-0.25, -0.2) is 0 Å². The van der Waals surface area contributed by atoms with Crippen molar-refractivity contribution < 1.29 is 14.3 Å². The molecule has 29 heavy (non-hydrogen) atoms. The van der Waals surface area contributed by atoms with Crippen LogP contribution in [0.25, 0.3) is 6.08 Å². The van der Waals surface area contributed by atoms with Gasteiger partial charge in [0.2, 0.25) is 0 Å². The van der Waals surface area contributed by atoms with Crippen molar-refractivity contribution in [3.8, 4) is 23.8 Å². The molecule has 0 radical (unpaired) electrons. The lowest BCUT2D eigenvalue weighted by Gasteiger charge is -2.15. The summed E-state index contributed by atoms with van der Waals surface area (Å²) >= 11 is 19.6. The number of anilines is 1. The molecule has 0 aromatic heterocycles. The highest BCUT2D eigenvalue weighted by atomic mass is 79.9. The van der Waals surface area contributed by atoms with Gasteiger partial charge < -0.3 is 9.47 Å². The Morgan fingerprint density at radius 1 is 1.31 bits per heavy atom. The number of ether oxygens (including phenoxy) is 2. The average molecular weight is 574 g/mol. The highest BCUT2D eigenvalue weighted by Gasteiger charge is 2.33. The minimum atomic E-state index is -0.221. The van der Waals surface area contributed by atoms with Crippen LogP contribution in [-0.2, 0) is 4.79 Å². The van der Waals surface area contributed by atoms with Gasteiger partial charge in [0, 0.05) is 4.47 Å². The number of carbonyl (C=O) groups excluding carboxylic acids is 1. The molecule has 1 aliphatic heterocycles. The number of hydrogen-bond acceptors (Lipinski definition) is 5. The van der Waals surface area contributed by atoms with E-state index in [2.05, 4.69) is 37.8 Å². The fourth-order valence-electron chi connectivity index (χ4n) is 2.54. The molecule has 3 rings (SSSR count). The number of hydrogen-bond donors (Lipinski definition) is 0. The zero-order valence-corrected chi connectivity index (χ0v) is 20.4. The van der Waals surface area contributed by atoms with Crippen molar-refractivity contribution in [3.05, 3.63) is 54.8 Å². The lowest BCUT2D eigenvalue weighted by atomic mass is 10.1. The third-order valence-corrected chi connectivity index (χ3v) is 6.93. The van der Waals surface area contributed by atoms with Crippen molar-refractivity contribution in [2.45, 2.75) is 0 Å². The minimum Gasteiger partial charge on any atom is -0.493 e. The summed E-state index contributed by atoms with van der Waals surface area (Å²) in [5.74, 6) is 3.19. The maximum Gasteiger partial charge on any atom is 0.270 e. The first-order valence-electron chi connectivity index (χ1n) is 8.02. The number of amides is 1. The second-order valence-corrected chi connectivity index (χ2v) is 9.43. The van der Waals surface area contributed by atoms with Crippen LogP contribution in [-0.4, -0.2) is 23.9 Å². The Bertz CT molecular complexity index is 1080. The van der Waals surface area contributed by atoms with Crippen molar-refractivity contribution in [3.63, 3.8) is 0 Å². The number of methoxy groups -OCH3 is 1. The molecule has 0 bridgehead atoms. The Kier molecular flexibility index (Phi) is 7.30. The van der Waals surface area contributed by atoms with E-state index in [0.717, 1.165) is 10.0 Å². The Morgan fingerprint density at radius 2 is 2.07 bits per heavy atom. The van der Waals surface area contributed by atoms with Crippen LogP contribution in [0, 0.1) is 12.3 Å². The summed E-state index contributed by atoms with van der Waals surface area (Å²) in [5.41, 5.74) is 1.36. The monoisotopic (exact) mass is 571 g/mol. The summed E-state index contributed by atoms with van der Waals surface area (Å²) < 4.78 is 12.7. The van der Waals surface area contributed by atoms with Crippen molar-refractivity contribution in [1.82, 2.24) is 0 Å². The number of carbonyl (C=O) groups is 1. The Morgan fingerprint density at radius 3 is 2.72 bits per heavy atom. The van der Waals surface area contributed by atoms with Crippen molar-refractivity contribution in [2.75, 3.05) is 18.6 Å². The van der Waals surface area contributed by atoms with E-state index in [1.54, 1.807) is 30.3 Å². The lowest BCUT2D eigenvalue weighted by molar-refractivity contribution is -0.113. The molecule has 0 atom stereocenters. The van der Waals surface area contributed by atoms with Crippen LogP contribution < -0.4 is 14.4 Å². The summed E-state index contributed by atoms with van der Waals surface area (Å²) in [5, 5.41) is 0.497. The Hall–Kier alpha value is -1.50. The van der Waals surface area contributed by atoms with Gasteiger partial charge in [-0.05, 0) is 73.8 Å². The second-order valence-electron chi connectivity index (χ2n) is 5.64. The summed E-state index contributed by atoms with van der Waals surface area (Å²) in [6.45, 7) is 0.114. The predicted molar refractivity (Wildman–Crippen MR) is 130 cm³/mol. The summed E-state index contributed by atoms with van der Waals surface area (Å²) in [6, 6.07) is 8.82. The highest BCUT2D eigenvalue weighted by molar-refractivity contribution is 9.10. The number of halogens is 3. The lowest BCUT2D eigenvalue weighted by Crippen LogP contribution is -2.27. The van der Waals surface area contributed by atoms with Crippen LogP contribution in [0.5, 0.6) is 11.5 Å². The highest BCUT2D eigenvalue weighted by Crippen LogP contribution is 2.40. The van der Waals surface area contributed by atoms with Crippen LogP contribution in [0.3, 0.4) is 0 Å². The molecule has 4 nitrogen and oxygen atoms in total. The van der Waals surface area contributed by atoms with E-state index in [1.807, 2.05) is 6.07 Å². The number of thioether (sulfide) groups is 1. The quantitative estimate of drug-likeness (QED) is 0.239. The van der Waals surface area contributed by atoms with Gasteiger partial charge in [0.1, 0.15) is 6.61 Å². The Labute approximate surface area is 199 Å². The molecule has 1 heterocycles. The van der Waals surface area contributed by atoms with Crippen molar-refractivity contribution in [1.29, 1.82) is 0 Å². The zero-order chi connectivity index (χ0) is 21.1. The van der Waals surface area contributed by atoms with Gasteiger partial charge in [0.05, 0.1) is 27.2 Å². The minimum absolute atomic E-state index is 0.114. The van der Waals surface area contributed by atoms with Crippen LogP contribution >= 0.6 is 67.4 Å². The zero-order valence-electron chi connectivity index (χ0n) is 14.9. The van der Waals surface area contributed by atoms with E-state index in [9.17, 15) is 4.79 Å². The van der Waals surface area contributed by atoms with E-state index in [4.69, 9.17) is 39.7 Å². The fraction of sp³-hybridized carbons (Fsp3) is 0.100. The molecule has 1 saturated heterocycles. The van der Waals surface area contributed by atoms with Crippen LogP contribution in [0.1, 0.15) is 5.56 Å². The molecule has 148 valence electrons. The van der Waals surface area contributed by atoms with Gasteiger partial charge in [-0.1, -0.05) is 41.5 Å².